The maximum atomic E-state index is 12.2. The first kappa shape index (κ1) is 20.4. The molecule has 0 aliphatic heterocycles. The van der Waals surface area contributed by atoms with Crippen molar-refractivity contribution in [1.29, 1.82) is 0 Å². The van der Waals surface area contributed by atoms with E-state index in [9.17, 15) is 14.4 Å². The lowest BCUT2D eigenvalue weighted by molar-refractivity contribution is -0.118. The van der Waals surface area contributed by atoms with E-state index in [1.54, 1.807) is 23.0 Å². The molecule has 11 heteroatoms. The molecule has 10 nitrogen and oxygen atoms in total. The number of nitrogens with one attached hydrogen (secondary N) is 3. The van der Waals surface area contributed by atoms with Crippen molar-refractivity contribution >= 4 is 17.7 Å². The Bertz CT molecular complexity index is 1250. The summed E-state index contributed by atoms with van der Waals surface area (Å²) in [6.45, 7) is 0.304. The van der Waals surface area contributed by atoms with E-state index >= 15 is 0 Å². The smallest absolute Gasteiger partial charge is 0.325 e. The first-order chi connectivity index (χ1) is 15.1. The lowest BCUT2D eigenvalue weighted by atomic mass is 10.2. The number of carbonyl (C=O) groups excluding carboxylic acids is 1. The van der Waals surface area contributed by atoms with Crippen molar-refractivity contribution in [1.82, 2.24) is 30.0 Å². The van der Waals surface area contributed by atoms with Gasteiger partial charge in [-0.25, -0.2) is 4.79 Å². The molecule has 0 aliphatic rings. The fourth-order valence-electron chi connectivity index (χ4n) is 2.91. The number of rotatable bonds is 8. The van der Waals surface area contributed by atoms with E-state index in [-0.39, 0.29) is 18.1 Å². The Morgan fingerprint density at radius 1 is 1.10 bits per heavy atom. The van der Waals surface area contributed by atoms with Crippen LogP contribution in [-0.2, 0) is 17.8 Å². The summed E-state index contributed by atoms with van der Waals surface area (Å²) in [4.78, 5) is 40.1. The number of hydrogen-bond donors (Lipinski definition) is 3. The predicted molar refractivity (Wildman–Crippen MR) is 113 cm³/mol. The zero-order valence-electron chi connectivity index (χ0n) is 16.2. The fraction of sp³-hybridized carbons (Fsp3) is 0.150. The number of nitrogens with zero attached hydrogens (tertiary/aromatic N) is 3. The zero-order chi connectivity index (χ0) is 21.6. The summed E-state index contributed by atoms with van der Waals surface area (Å²) in [7, 11) is 0. The summed E-state index contributed by atoms with van der Waals surface area (Å²) in [6.07, 6.45) is 1.74. The Labute approximate surface area is 179 Å². The molecule has 158 valence electrons. The highest BCUT2D eigenvalue weighted by Gasteiger charge is 2.17. The number of aromatic amines is 2. The molecular formula is C20H18N6O4S. The van der Waals surface area contributed by atoms with E-state index < -0.39 is 11.2 Å². The minimum atomic E-state index is -0.587. The zero-order valence-corrected chi connectivity index (χ0v) is 17.0. The lowest BCUT2D eigenvalue weighted by Gasteiger charge is -2.10. The number of benzene rings is 1. The first-order valence-corrected chi connectivity index (χ1v) is 10.3. The van der Waals surface area contributed by atoms with Gasteiger partial charge in [-0.1, -0.05) is 30.0 Å². The third kappa shape index (κ3) is 5.20. The van der Waals surface area contributed by atoms with E-state index in [1.807, 2.05) is 30.3 Å². The molecule has 0 spiro atoms. The van der Waals surface area contributed by atoms with Crippen LogP contribution in [0.1, 0.15) is 17.3 Å². The van der Waals surface area contributed by atoms with E-state index in [0.29, 0.717) is 29.0 Å². The van der Waals surface area contributed by atoms with Gasteiger partial charge in [0.05, 0.1) is 18.6 Å². The number of para-hydroxylation sites is 1. The van der Waals surface area contributed by atoms with Gasteiger partial charge in [-0.3, -0.25) is 19.1 Å². The molecule has 0 fully saturated rings. The molecule has 3 heterocycles. The minimum absolute atomic E-state index is 0.132. The van der Waals surface area contributed by atoms with Crippen molar-refractivity contribution in [3.63, 3.8) is 0 Å². The number of thioether (sulfide) groups is 1. The van der Waals surface area contributed by atoms with Crippen LogP contribution in [-0.4, -0.2) is 36.4 Å². The van der Waals surface area contributed by atoms with Crippen molar-refractivity contribution in [2.75, 3.05) is 5.75 Å². The molecule has 0 saturated carbocycles. The van der Waals surface area contributed by atoms with Crippen LogP contribution in [0.25, 0.3) is 5.69 Å². The number of H-pyrrole nitrogens is 2. The van der Waals surface area contributed by atoms with Gasteiger partial charge >= 0.3 is 5.69 Å². The van der Waals surface area contributed by atoms with Crippen molar-refractivity contribution in [3.05, 3.63) is 92.9 Å². The summed E-state index contributed by atoms with van der Waals surface area (Å²) in [5, 5.41) is 11.7. The molecule has 0 radical (unpaired) electrons. The van der Waals surface area contributed by atoms with Gasteiger partial charge in [0, 0.05) is 23.9 Å². The van der Waals surface area contributed by atoms with Crippen LogP contribution >= 0.6 is 11.8 Å². The largest absolute Gasteiger partial charge is 0.467 e. The fourth-order valence-corrected chi connectivity index (χ4v) is 3.71. The van der Waals surface area contributed by atoms with E-state index in [4.69, 9.17) is 4.42 Å². The molecule has 4 aromatic rings. The SMILES string of the molecule is O=C(CSc1nnc(Cc2cc(=O)[nH]c(=O)[nH]2)n1-c1ccccc1)NCc1ccco1. The molecule has 0 atom stereocenters. The maximum absolute atomic E-state index is 12.2. The van der Waals surface area contributed by atoms with Crippen LogP contribution in [0.5, 0.6) is 0 Å². The van der Waals surface area contributed by atoms with Crippen LogP contribution in [0.3, 0.4) is 0 Å². The van der Waals surface area contributed by atoms with Crippen LogP contribution in [0.15, 0.2) is 74.0 Å². The Kier molecular flexibility index (Phi) is 6.13. The van der Waals surface area contributed by atoms with Crippen molar-refractivity contribution in [2.45, 2.75) is 18.1 Å². The third-order valence-electron chi connectivity index (χ3n) is 4.25. The van der Waals surface area contributed by atoms with Gasteiger partial charge in [0.25, 0.3) is 5.56 Å². The Balaban J connectivity index is 1.54. The van der Waals surface area contributed by atoms with Gasteiger partial charge in [-0.05, 0) is 24.3 Å². The number of amides is 1. The van der Waals surface area contributed by atoms with Gasteiger partial charge in [-0.2, -0.15) is 0 Å². The third-order valence-corrected chi connectivity index (χ3v) is 5.18. The number of aromatic nitrogens is 5. The van der Waals surface area contributed by atoms with Gasteiger partial charge < -0.3 is 14.7 Å². The average Bonchev–Trinajstić information content (AvgIpc) is 3.40. The van der Waals surface area contributed by atoms with Crippen LogP contribution in [0.2, 0.25) is 0 Å². The summed E-state index contributed by atoms with van der Waals surface area (Å²) >= 11 is 1.23. The normalized spacial score (nSPS) is 10.8. The summed E-state index contributed by atoms with van der Waals surface area (Å²) in [6, 6.07) is 14.2. The first-order valence-electron chi connectivity index (χ1n) is 9.32. The molecule has 0 unspecified atom stereocenters. The van der Waals surface area contributed by atoms with E-state index in [2.05, 4.69) is 25.5 Å². The molecule has 3 aromatic heterocycles. The van der Waals surface area contributed by atoms with Gasteiger partial charge in [0.2, 0.25) is 5.91 Å². The van der Waals surface area contributed by atoms with E-state index in [0.717, 1.165) is 5.69 Å². The molecule has 0 bridgehead atoms. The predicted octanol–water partition coefficient (Wildman–Crippen LogP) is 1.24. The van der Waals surface area contributed by atoms with Gasteiger partial charge in [-0.15, -0.1) is 10.2 Å². The minimum Gasteiger partial charge on any atom is -0.467 e. The average molecular weight is 438 g/mol. The molecule has 3 N–H and O–H groups in total. The van der Waals surface area contributed by atoms with Crippen molar-refractivity contribution < 1.29 is 9.21 Å². The molecule has 0 saturated heterocycles. The second kappa shape index (κ2) is 9.30. The summed E-state index contributed by atoms with van der Waals surface area (Å²) in [5.41, 5.74) is 0.128. The number of furan rings is 1. The second-order valence-corrected chi connectivity index (χ2v) is 7.45. The molecule has 1 aromatic carbocycles. The number of carbonyl (C=O) groups is 1. The maximum Gasteiger partial charge on any atom is 0.325 e. The van der Waals surface area contributed by atoms with Crippen molar-refractivity contribution in [2.24, 2.45) is 0 Å². The van der Waals surface area contributed by atoms with E-state index in [1.165, 1.54) is 17.8 Å². The highest BCUT2D eigenvalue weighted by molar-refractivity contribution is 7.99. The Hall–Kier alpha value is -3.86. The standard InChI is InChI=1S/C20H18N6O4S/c27-17-10-13(22-19(29)23-17)9-16-24-25-20(26(16)14-5-2-1-3-6-14)31-12-18(28)21-11-15-7-4-8-30-15/h1-8,10H,9,11-12H2,(H,21,28)(H2,22,23,27,29). The van der Waals surface area contributed by atoms with Gasteiger partial charge in [0.1, 0.15) is 11.6 Å². The summed E-state index contributed by atoms with van der Waals surface area (Å²) < 4.78 is 7.00. The Morgan fingerprint density at radius 2 is 1.94 bits per heavy atom. The quantitative estimate of drug-likeness (QED) is 0.352. The topological polar surface area (TPSA) is 139 Å². The molecule has 1 amide bonds. The van der Waals surface area contributed by atoms with Crippen LogP contribution in [0.4, 0.5) is 0 Å². The molecule has 4 rings (SSSR count). The van der Waals surface area contributed by atoms with Crippen molar-refractivity contribution in [3.8, 4) is 5.69 Å². The molecular weight excluding hydrogens is 420 g/mol. The molecule has 31 heavy (non-hydrogen) atoms. The van der Waals surface area contributed by atoms with Crippen LogP contribution < -0.4 is 16.6 Å². The highest BCUT2D eigenvalue weighted by atomic mass is 32.2. The van der Waals surface area contributed by atoms with Crippen LogP contribution in [0, 0.1) is 0 Å². The lowest BCUT2D eigenvalue weighted by Crippen LogP contribution is -2.24. The molecule has 0 aliphatic carbocycles. The highest BCUT2D eigenvalue weighted by Crippen LogP contribution is 2.23. The summed E-state index contributed by atoms with van der Waals surface area (Å²) in [5.74, 6) is 1.14. The monoisotopic (exact) mass is 438 g/mol. The Morgan fingerprint density at radius 3 is 2.68 bits per heavy atom. The number of hydrogen-bond acceptors (Lipinski definition) is 7. The second-order valence-electron chi connectivity index (χ2n) is 6.50. The van der Waals surface area contributed by atoms with Gasteiger partial charge in [0.15, 0.2) is 5.16 Å².